The monoisotopic (exact) mass is 218 g/mol. The molecule has 0 radical (unpaired) electrons. The molecule has 0 bridgehead atoms. The Morgan fingerprint density at radius 2 is 2.25 bits per heavy atom. The van der Waals surface area contributed by atoms with E-state index in [-0.39, 0.29) is 18.5 Å². The van der Waals surface area contributed by atoms with Crippen molar-refractivity contribution >= 4 is 5.91 Å². The van der Waals surface area contributed by atoms with E-state index in [1.165, 1.54) is 11.1 Å². The van der Waals surface area contributed by atoms with Gasteiger partial charge in [0.25, 0.3) is 0 Å². The number of carbonyl (C=O) groups is 1. The molecule has 1 amide bonds. The predicted octanol–water partition coefficient (Wildman–Crippen LogP) is 1.48. The molecule has 3 nitrogen and oxygen atoms in total. The van der Waals surface area contributed by atoms with Gasteiger partial charge in [0.05, 0.1) is 12.6 Å². The number of benzene rings is 1. The Bertz CT molecular complexity index is 389. The van der Waals surface area contributed by atoms with Gasteiger partial charge in [0.15, 0.2) is 0 Å². The van der Waals surface area contributed by atoms with Crippen LogP contribution in [-0.4, -0.2) is 23.9 Å². The van der Waals surface area contributed by atoms with Gasteiger partial charge in [-0.25, -0.2) is 0 Å². The summed E-state index contributed by atoms with van der Waals surface area (Å²) in [5, 5.41) is 0. The second-order valence-corrected chi connectivity index (χ2v) is 4.16. The molecule has 0 saturated carbocycles. The molecule has 2 rings (SSSR count). The Kier molecular flexibility index (Phi) is 3.25. The first-order valence-electron chi connectivity index (χ1n) is 5.85. The van der Waals surface area contributed by atoms with E-state index in [4.69, 9.17) is 5.73 Å². The Morgan fingerprint density at radius 1 is 1.50 bits per heavy atom. The molecule has 3 heteroatoms. The number of nitrogens with zero attached hydrogens (tertiary/aromatic N) is 1. The molecular weight excluding hydrogens is 200 g/mol. The zero-order valence-corrected chi connectivity index (χ0v) is 9.65. The maximum atomic E-state index is 11.7. The Labute approximate surface area is 96.2 Å². The first-order valence-corrected chi connectivity index (χ1v) is 5.85. The van der Waals surface area contributed by atoms with Crippen LogP contribution in [0.3, 0.4) is 0 Å². The number of rotatable bonds is 2. The first kappa shape index (κ1) is 11.1. The molecule has 0 fully saturated rings. The number of amides is 1. The third-order valence-corrected chi connectivity index (χ3v) is 3.29. The summed E-state index contributed by atoms with van der Waals surface area (Å²) in [6, 6.07) is 8.59. The molecule has 1 atom stereocenters. The predicted molar refractivity (Wildman–Crippen MR) is 63.9 cm³/mol. The van der Waals surface area contributed by atoms with Crippen LogP contribution in [0.25, 0.3) is 0 Å². The summed E-state index contributed by atoms with van der Waals surface area (Å²) < 4.78 is 0. The molecule has 1 aliphatic rings. The smallest absolute Gasteiger partial charge is 0.236 e. The van der Waals surface area contributed by atoms with E-state index in [9.17, 15) is 4.79 Å². The summed E-state index contributed by atoms with van der Waals surface area (Å²) in [5.41, 5.74) is 8.11. The topological polar surface area (TPSA) is 46.3 Å². The third kappa shape index (κ3) is 1.83. The number of fused-ring (bicyclic) bond motifs is 1. The van der Waals surface area contributed by atoms with Crippen molar-refractivity contribution in [2.75, 3.05) is 13.1 Å². The molecule has 0 aromatic heterocycles. The average molecular weight is 218 g/mol. The van der Waals surface area contributed by atoms with E-state index in [0.717, 1.165) is 19.4 Å². The highest BCUT2D eigenvalue weighted by Gasteiger charge is 2.28. The van der Waals surface area contributed by atoms with Crippen LogP contribution in [0.1, 0.15) is 30.5 Å². The van der Waals surface area contributed by atoms with Crippen LogP contribution < -0.4 is 5.73 Å². The van der Waals surface area contributed by atoms with Crippen LogP contribution in [-0.2, 0) is 11.2 Å². The van der Waals surface area contributed by atoms with Crippen molar-refractivity contribution in [1.29, 1.82) is 0 Å². The Hall–Kier alpha value is -1.35. The van der Waals surface area contributed by atoms with Crippen LogP contribution in [0.5, 0.6) is 0 Å². The third-order valence-electron chi connectivity index (χ3n) is 3.29. The van der Waals surface area contributed by atoms with Gasteiger partial charge in [0.2, 0.25) is 5.91 Å². The lowest BCUT2D eigenvalue weighted by atomic mass is 9.91. The minimum Gasteiger partial charge on any atom is -0.334 e. The Balaban J connectivity index is 2.33. The number of carbonyl (C=O) groups excluding carboxylic acids is 1. The van der Waals surface area contributed by atoms with E-state index in [1.54, 1.807) is 0 Å². The van der Waals surface area contributed by atoms with Crippen LogP contribution in [0.2, 0.25) is 0 Å². The highest BCUT2D eigenvalue weighted by Crippen LogP contribution is 2.31. The zero-order valence-electron chi connectivity index (χ0n) is 9.65. The lowest BCUT2D eigenvalue weighted by Gasteiger charge is -2.36. The SMILES string of the molecule is CCC1c2ccccc2CCN1C(=O)CN. The van der Waals surface area contributed by atoms with Gasteiger partial charge in [0, 0.05) is 6.54 Å². The van der Waals surface area contributed by atoms with E-state index in [1.807, 2.05) is 11.0 Å². The van der Waals surface area contributed by atoms with Crippen molar-refractivity contribution in [3.05, 3.63) is 35.4 Å². The maximum Gasteiger partial charge on any atom is 0.236 e. The maximum absolute atomic E-state index is 11.7. The molecule has 1 heterocycles. The minimum absolute atomic E-state index is 0.0568. The summed E-state index contributed by atoms with van der Waals surface area (Å²) in [4.78, 5) is 13.7. The van der Waals surface area contributed by atoms with Gasteiger partial charge < -0.3 is 10.6 Å². The van der Waals surface area contributed by atoms with Gasteiger partial charge in [-0.3, -0.25) is 4.79 Å². The number of hydrogen-bond acceptors (Lipinski definition) is 2. The van der Waals surface area contributed by atoms with Crippen molar-refractivity contribution in [2.45, 2.75) is 25.8 Å². The molecule has 86 valence electrons. The standard InChI is InChI=1S/C13H18N2O/c1-2-12-11-6-4-3-5-10(11)7-8-15(12)13(16)9-14/h3-6,12H,2,7-9,14H2,1H3. The molecule has 1 aliphatic heterocycles. The lowest BCUT2D eigenvalue weighted by Crippen LogP contribution is -2.42. The number of nitrogens with two attached hydrogens (primary N) is 1. The second kappa shape index (κ2) is 4.66. The van der Waals surface area contributed by atoms with Crippen molar-refractivity contribution in [3.63, 3.8) is 0 Å². The van der Waals surface area contributed by atoms with Crippen molar-refractivity contribution in [2.24, 2.45) is 5.73 Å². The van der Waals surface area contributed by atoms with Gasteiger partial charge in [-0.05, 0) is 24.0 Å². The van der Waals surface area contributed by atoms with Crippen LogP contribution in [0.4, 0.5) is 0 Å². The van der Waals surface area contributed by atoms with E-state index >= 15 is 0 Å². The molecule has 1 unspecified atom stereocenters. The largest absolute Gasteiger partial charge is 0.334 e. The van der Waals surface area contributed by atoms with Gasteiger partial charge in [-0.1, -0.05) is 31.2 Å². The second-order valence-electron chi connectivity index (χ2n) is 4.16. The van der Waals surface area contributed by atoms with Crippen molar-refractivity contribution < 1.29 is 4.79 Å². The molecule has 16 heavy (non-hydrogen) atoms. The highest BCUT2D eigenvalue weighted by atomic mass is 16.2. The van der Waals surface area contributed by atoms with Gasteiger partial charge in [-0.15, -0.1) is 0 Å². The minimum atomic E-state index is 0.0568. The molecule has 0 spiro atoms. The molecule has 0 saturated heterocycles. The van der Waals surface area contributed by atoms with Crippen LogP contribution in [0.15, 0.2) is 24.3 Å². The van der Waals surface area contributed by atoms with E-state index in [0.29, 0.717) is 0 Å². The highest BCUT2D eigenvalue weighted by molar-refractivity contribution is 5.79. The van der Waals surface area contributed by atoms with Crippen molar-refractivity contribution in [1.82, 2.24) is 4.90 Å². The summed E-state index contributed by atoms with van der Waals surface area (Å²) >= 11 is 0. The lowest BCUT2D eigenvalue weighted by molar-refractivity contribution is -0.132. The first-order chi connectivity index (χ1) is 7.77. The van der Waals surface area contributed by atoms with Gasteiger partial charge in [0.1, 0.15) is 0 Å². The van der Waals surface area contributed by atoms with Crippen molar-refractivity contribution in [3.8, 4) is 0 Å². The fourth-order valence-corrected chi connectivity index (χ4v) is 2.51. The average Bonchev–Trinajstić information content (AvgIpc) is 2.36. The summed E-state index contributed by atoms with van der Waals surface area (Å²) in [6.45, 7) is 3.02. The Morgan fingerprint density at radius 3 is 2.94 bits per heavy atom. The van der Waals surface area contributed by atoms with Gasteiger partial charge >= 0.3 is 0 Å². The summed E-state index contributed by atoms with van der Waals surface area (Å²) in [5.74, 6) is 0.0568. The summed E-state index contributed by atoms with van der Waals surface area (Å²) in [7, 11) is 0. The van der Waals surface area contributed by atoms with Crippen LogP contribution in [0, 0.1) is 0 Å². The normalized spacial score (nSPS) is 19.4. The number of hydrogen-bond donors (Lipinski definition) is 1. The summed E-state index contributed by atoms with van der Waals surface area (Å²) in [6.07, 6.45) is 1.89. The molecule has 1 aromatic carbocycles. The molecular formula is C13H18N2O. The zero-order chi connectivity index (χ0) is 11.5. The molecule has 0 aliphatic carbocycles. The molecule has 2 N–H and O–H groups in total. The fourth-order valence-electron chi connectivity index (χ4n) is 2.51. The molecule has 1 aromatic rings. The van der Waals surface area contributed by atoms with E-state index < -0.39 is 0 Å². The van der Waals surface area contributed by atoms with E-state index in [2.05, 4.69) is 25.1 Å². The quantitative estimate of drug-likeness (QED) is 0.817. The van der Waals surface area contributed by atoms with Gasteiger partial charge in [-0.2, -0.15) is 0 Å². The van der Waals surface area contributed by atoms with Crippen LogP contribution >= 0.6 is 0 Å². The fraction of sp³-hybridized carbons (Fsp3) is 0.462.